The molecule has 0 saturated carbocycles. The monoisotopic (exact) mass is 534 g/mol. The lowest BCUT2D eigenvalue weighted by Crippen LogP contribution is -2.44. The molecule has 0 aliphatic carbocycles. The van der Waals surface area contributed by atoms with Crippen molar-refractivity contribution >= 4 is 21.7 Å². The number of nitrogens with zero attached hydrogens (tertiary/aromatic N) is 7. The Morgan fingerprint density at radius 2 is 1.84 bits per heavy atom. The number of aromatic nitrogens is 6. The van der Waals surface area contributed by atoms with Crippen LogP contribution in [-0.4, -0.2) is 59.8 Å². The SMILES string of the molecule is Cc1cnc2nc(C)c(C(=O)NCc3ccc(-c4nc5n(n4)CCN(S(=O)(=O)C(F)(F)F)C5)cc3)n2c1. The van der Waals surface area contributed by atoms with Crippen LogP contribution in [0.5, 0.6) is 0 Å². The van der Waals surface area contributed by atoms with Gasteiger partial charge in [0, 0.05) is 31.0 Å². The number of hydrogen-bond acceptors (Lipinski definition) is 7. The Balaban J connectivity index is 1.27. The number of imidazole rings is 1. The molecule has 15 heteroatoms. The van der Waals surface area contributed by atoms with Crippen LogP contribution in [0.2, 0.25) is 0 Å². The average Bonchev–Trinajstić information content (AvgIpc) is 3.41. The van der Waals surface area contributed by atoms with Crippen LogP contribution in [0.15, 0.2) is 36.7 Å². The van der Waals surface area contributed by atoms with E-state index >= 15 is 0 Å². The summed E-state index contributed by atoms with van der Waals surface area (Å²) in [5, 5.41) is 7.17. The number of sulfonamides is 1. The summed E-state index contributed by atoms with van der Waals surface area (Å²) in [6.07, 6.45) is 3.47. The molecule has 37 heavy (non-hydrogen) atoms. The van der Waals surface area contributed by atoms with Gasteiger partial charge < -0.3 is 5.32 Å². The minimum Gasteiger partial charge on any atom is -0.347 e. The summed E-state index contributed by atoms with van der Waals surface area (Å²) in [4.78, 5) is 25.6. The van der Waals surface area contributed by atoms with Crippen LogP contribution in [0.3, 0.4) is 0 Å². The lowest BCUT2D eigenvalue weighted by atomic mass is 10.1. The molecule has 0 spiro atoms. The van der Waals surface area contributed by atoms with Crippen molar-refractivity contribution in [3.63, 3.8) is 0 Å². The molecule has 194 valence electrons. The van der Waals surface area contributed by atoms with Gasteiger partial charge in [0.2, 0.25) is 5.78 Å². The Kier molecular flexibility index (Phi) is 5.98. The number of benzene rings is 1. The van der Waals surface area contributed by atoms with E-state index in [1.807, 2.05) is 6.92 Å². The summed E-state index contributed by atoms with van der Waals surface area (Å²) < 4.78 is 65.5. The van der Waals surface area contributed by atoms with Crippen molar-refractivity contribution in [3.8, 4) is 11.4 Å². The fourth-order valence-electron chi connectivity index (χ4n) is 4.04. The van der Waals surface area contributed by atoms with Crippen molar-refractivity contribution in [1.29, 1.82) is 0 Å². The molecular formula is C22H21F3N8O3S. The Bertz CT molecular complexity index is 1610. The first-order valence-corrected chi connectivity index (χ1v) is 12.6. The molecule has 1 amide bonds. The largest absolute Gasteiger partial charge is 0.511 e. The summed E-state index contributed by atoms with van der Waals surface area (Å²) in [7, 11) is -5.44. The highest BCUT2D eigenvalue weighted by molar-refractivity contribution is 7.89. The number of carbonyl (C=O) groups is 1. The van der Waals surface area contributed by atoms with E-state index in [9.17, 15) is 26.4 Å². The molecule has 0 fully saturated rings. The highest BCUT2D eigenvalue weighted by Crippen LogP contribution is 2.29. The summed E-state index contributed by atoms with van der Waals surface area (Å²) in [5.74, 6) is 0.523. The minimum absolute atomic E-state index is 0.0422. The van der Waals surface area contributed by atoms with Crippen molar-refractivity contribution < 1.29 is 26.4 Å². The molecular weight excluding hydrogens is 513 g/mol. The van der Waals surface area contributed by atoms with Crippen LogP contribution in [0, 0.1) is 13.8 Å². The molecule has 0 atom stereocenters. The first-order valence-electron chi connectivity index (χ1n) is 11.1. The van der Waals surface area contributed by atoms with E-state index in [1.54, 1.807) is 48.0 Å². The molecule has 0 radical (unpaired) electrons. The van der Waals surface area contributed by atoms with E-state index in [4.69, 9.17) is 0 Å². The number of carbonyl (C=O) groups excluding carboxylic acids is 1. The third kappa shape index (κ3) is 4.55. The first-order chi connectivity index (χ1) is 17.4. The Morgan fingerprint density at radius 3 is 2.54 bits per heavy atom. The molecule has 3 aromatic heterocycles. The van der Waals surface area contributed by atoms with Crippen LogP contribution in [-0.2, 0) is 29.7 Å². The number of nitrogens with one attached hydrogen (secondary N) is 1. The number of amides is 1. The highest BCUT2D eigenvalue weighted by Gasteiger charge is 2.50. The molecule has 1 aliphatic rings. The minimum atomic E-state index is -5.44. The number of rotatable bonds is 5. The molecule has 1 aliphatic heterocycles. The van der Waals surface area contributed by atoms with Gasteiger partial charge in [0.15, 0.2) is 5.82 Å². The Labute approximate surface area is 209 Å². The van der Waals surface area contributed by atoms with E-state index in [1.165, 1.54) is 4.68 Å². The van der Waals surface area contributed by atoms with Gasteiger partial charge in [0.25, 0.3) is 5.91 Å². The van der Waals surface area contributed by atoms with Crippen LogP contribution in [0.4, 0.5) is 13.2 Å². The topological polar surface area (TPSA) is 127 Å². The van der Waals surface area contributed by atoms with Crippen LogP contribution < -0.4 is 5.32 Å². The Hall–Kier alpha value is -3.85. The van der Waals surface area contributed by atoms with Crippen molar-refractivity contribution in [3.05, 3.63) is 65.0 Å². The summed E-state index contributed by atoms with van der Waals surface area (Å²) >= 11 is 0. The summed E-state index contributed by atoms with van der Waals surface area (Å²) in [5.41, 5.74) is -2.13. The van der Waals surface area contributed by atoms with Gasteiger partial charge in [0.1, 0.15) is 11.5 Å². The van der Waals surface area contributed by atoms with Crippen molar-refractivity contribution in [2.45, 2.75) is 39.0 Å². The van der Waals surface area contributed by atoms with E-state index in [0.29, 0.717) is 27.0 Å². The number of hydrogen-bond donors (Lipinski definition) is 1. The maximum Gasteiger partial charge on any atom is 0.511 e. The van der Waals surface area contributed by atoms with Gasteiger partial charge in [-0.3, -0.25) is 9.20 Å². The fraction of sp³-hybridized carbons (Fsp3) is 0.318. The summed E-state index contributed by atoms with van der Waals surface area (Å²) in [6, 6.07) is 6.98. The highest BCUT2D eigenvalue weighted by atomic mass is 32.2. The number of aryl methyl sites for hydroxylation is 2. The van der Waals surface area contributed by atoms with E-state index in [2.05, 4.69) is 25.4 Å². The predicted octanol–water partition coefficient (Wildman–Crippen LogP) is 2.20. The predicted molar refractivity (Wildman–Crippen MR) is 124 cm³/mol. The van der Waals surface area contributed by atoms with E-state index < -0.39 is 22.1 Å². The zero-order valence-electron chi connectivity index (χ0n) is 19.7. The van der Waals surface area contributed by atoms with Crippen LogP contribution >= 0.6 is 0 Å². The van der Waals surface area contributed by atoms with Crippen LogP contribution in [0.25, 0.3) is 17.2 Å². The molecule has 0 bridgehead atoms. The first kappa shape index (κ1) is 24.8. The zero-order valence-corrected chi connectivity index (χ0v) is 20.5. The van der Waals surface area contributed by atoms with Crippen molar-refractivity contribution in [1.82, 2.24) is 38.8 Å². The van der Waals surface area contributed by atoms with Gasteiger partial charge in [0.05, 0.1) is 18.8 Å². The molecule has 0 saturated heterocycles. The lowest BCUT2D eigenvalue weighted by Gasteiger charge is -2.26. The van der Waals surface area contributed by atoms with Gasteiger partial charge in [-0.15, -0.1) is 0 Å². The van der Waals surface area contributed by atoms with Gasteiger partial charge in [-0.1, -0.05) is 24.3 Å². The molecule has 1 N–H and O–H groups in total. The summed E-state index contributed by atoms with van der Waals surface area (Å²) in [6.45, 7) is 2.94. The maximum atomic E-state index is 12.9. The van der Waals surface area contributed by atoms with Crippen molar-refractivity contribution in [2.75, 3.05) is 6.54 Å². The Morgan fingerprint density at radius 1 is 1.11 bits per heavy atom. The standard InChI is InChI=1S/C22H21F3N8O3S/c1-13-9-27-21-28-14(2)18(32(21)11-13)20(34)26-10-15-3-5-16(6-4-15)19-29-17-12-31(7-8-33(17)30-19)37(35,36)22(23,24)25/h3-6,9,11H,7-8,10,12H2,1-2H3,(H,26,34). The molecule has 4 aromatic rings. The number of fused-ring (bicyclic) bond motifs is 2. The molecule has 5 rings (SSSR count). The van der Waals surface area contributed by atoms with Crippen molar-refractivity contribution in [2.24, 2.45) is 0 Å². The molecule has 0 unspecified atom stereocenters. The molecule has 11 nitrogen and oxygen atoms in total. The second kappa shape index (κ2) is 8.92. The lowest BCUT2D eigenvalue weighted by molar-refractivity contribution is -0.0496. The smallest absolute Gasteiger partial charge is 0.347 e. The van der Waals surface area contributed by atoms with Gasteiger partial charge in [-0.05, 0) is 25.0 Å². The molecule has 4 heterocycles. The van der Waals surface area contributed by atoms with Gasteiger partial charge in [-0.25, -0.2) is 28.1 Å². The maximum absolute atomic E-state index is 12.9. The average molecular weight is 535 g/mol. The fourth-order valence-corrected chi connectivity index (χ4v) is 4.94. The van der Waals surface area contributed by atoms with Gasteiger partial charge in [-0.2, -0.15) is 22.6 Å². The second-order valence-corrected chi connectivity index (χ2v) is 10.5. The van der Waals surface area contributed by atoms with E-state index in [0.717, 1.165) is 11.1 Å². The van der Waals surface area contributed by atoms with Gasteiger partial charge >= 0.3 is 15.5 Å². The second-order valence-electron chi connectivity index (χ2n) is 8.59. The third-order valence-corrected chi connectivity index (χ3v) is 7.50. The number of halogens is 3. The molecule has 1 aromatic carbocycles. The number of alkyl halides is 3. The normalized spacial score (nSPS) is 14.6. The zero-order chi connectivity index (χ0) is 26.5. The quantitative estimate of drug-likeness (QED) is 0.416. The van der Waals surface area contributed by atoms with E-state index in [-0.39, 0.29) is 37.2 Å². The third-order valence-electron chi connectivity index (χ3n) is 5.92. The van der Waals surface area contributed by atoms with Crippen LogP contribution in [0.1, 0.15) is 33.1 Å².